The molecule has 0 spiro atoms. The second kappa shape index (κ2) is 10.4. The minimum absolute atomic E-state index is 1.07. The van der Waals surface area contributed by atoms with E-state index in [-0.39, 0.29) is 0 Å². The first-order valence-corrected chi connectivity index (χ1v) is 13.6. The van der Waals surface area contributed by atoms with Crippen LogP contribution in [0.1, 0.15) is 53.5 Å². The highest BCUT2D eigenvalue weighted by molar-refractivity contribution is 7.11. The van der Waals surface area contributed by atoms with Crippen LogP contribution in [0.2, 0.25) is 0 Å². The van der Waals surface area contributed by atoms with Crippen molar-refractivity contribution in [3.8, 4) is 0 Å². The second-order valence-electron chi connectivity index (χ2n) is 8.46. The zero-order valence-corrected chi connectivity index (χ0v) is 20.7. The molecule has 5 aromatic rings. The summed E-state index contributed by atoms with van der Waals surface area (Å²) >= 11 is 3.55. The number of aryl methyl sites for hydroxylation is 1. The number of unbranched alkanes of at least 4 members (excludes halogenated alkanes) is 3. The maximum atomic E-state index is 2.55. The van der Waals surface area contributed by atoms with Crippen molar-refractivity contribution in [3.63, 3.8) is 0 Å². The first-order chi connectivity index (χ1) is 16.3. The molecule has 1 nitrogen and oxygen atoms in total. The molecule has 0 saturated carbocycles. The molecule has 0 aliphatic heterocycles. The fourth-order valence-corrected chi connectivity index (χ4v) is 5.64. The fourth-order valence-electron chi connectivity index (χ4n) is 4.40. The molecule has 0 unspecified atom stereocenters. The van der Waals surface area contributed by atoms with Gasteiger partial charge >= 0.3 is 0 Å². The number of thiophene rings is 2. The highest BCUT2D eigenvalue weighted by atomic mass is 32.1. The molecule has 3 aromatic heterocycles. The van der Waals surface area contributed by atoms with E-state index < -0.39 is 0 Å². The fraction of sp³-hybridized carbons (Fsp3) is 0.200. The van der Waals surface area contributed by atoms with Crippen LogP contribution in [-0.4, -0.2) is 4.57 Å². The first kappa shape index (κ1) is 21.9. The molecule has 0 fully saturated rings. The molecular weight excluding hydrogens is 438 g/mol. The number of rotatable bonds is 9. The zero-order valence-electron chi connectivity index (χ0n) is 19.0. The molecule has 166 valence electrons. The van der Waals surface area contributed by atoms with Gasteiger partial charge in [0.2, 0.25) is 0 Å². The van der Waals surface area contributed by atoms with Gasteiger partial charge in [-0.05, 0) is 64.7 Å². The number of aromatic nitrogens is 1. The summed E-state index contributed by atoms with van der Waals surface area (Å²) in [6.45, 7) is 3.34. The molecule has 0 N–H and O–H groups in total. The van der Waals surface area contributed by atoms with E-state index in [0.717, 1.165) is 6.54 Å². The molecule has 0 bridgehead atoms. The molecule has 2 aromatic carbocycles. The van der Waals surface area contributed by atoms with E-state index in [1.807, 2.05) is 0 Å². The lowest BCUT2D eigenvalue weighted by Crippen LogP contribution is -1.98. The number of hydrogen-bond donors (Lipinski definition) is 0. The topological polar surface area (TPSA) is 4.93 Å². The Bertz CT molecular complexity index is 1280. The summed E-state index contributed by atoms with van der Waals surface area (Å²) in [7, 11) is 0. The van der Waals surface area contributed by atoms with Crippen molar-refractivity contribution in [1.82, 2.24) is 4.57 Å². The van der Waals surface area contributed by atoms with Crippen LogP contribution in [0, 0.1) is 0 Å². The van der Waals surface area contributed by atoms with E-state index in [2.05, 4.69) is 107 Å². The third kappa shape index (κ3) is 5.05. The number of hydrogen-bond acceptors (Lipinski definition) is 2. The molecule has 5 rings (SSSR count). The SMILES string of the molecule is CCCCCCn1c2cc(/C=C/c3cccs3)ccc2c2ccc(/C=C/c3cccs3)cc21. The van der Waals surface area contributed by atoms with Crippen molar-refractivity contribution in [2.75, 3.05) is 0 Å². The van der Waals surface area contributed by atoms with Crippen LogP contribution >= 0.6 is 22.7 Å². The van der Waals surface area contributed by atoms with E-state index in [9.17, 15) is 0 Å². The van der Waals surface area contributed by atoms with Gasteiger partial charge in [0.05, 0.1) is 0 Å². The van der Waals surface area contributed by atoms with Gasteiger partial charge in [0.15, 0.2) is 0 Å². The Morgan fingerprint density at radius 3 is 1.73 bits per heavy atom. The Labute approximate surface area is 204 Å². The Kier molecular flexibility index (Phi) is 6.89. The minimum Gasteiger partial charge on any atom is -0.340 e. The molecular formula is C30H29NS2. The predicted octanol–water partition coefficient (Wildman–Crippen LogP) is 9.84. The zero-order chi connectivity index (χ0) is 22.5. The van der Waals surface area contributed by atoms with Gasteiger partial charge in [0.1, 0.15) is 0 Å². The normalized spacial score (nSPS) is 12.2. The summed E-state index contributed by atoms with van der Waals surface area (Å²) in [4.78, 5) is 2.58. The van der Waals surface area contributed by atoms with E-state index in [1.54, 1.807) is 22.7 Å². The van der Waals surface area contributed by atoms with Gasteiger partial charge in [-0.25, -0.2) is 0 Å². The standard InChI is InChI=1S/C30H29NS2/c1-2-3-4-5-18-31-29-21-23(10-14-25-8-6-19-32-25)12-16-27(29)28-17-13-24(22-30(28)31)11-15-26-9-7-20-33-26/h6-17,19-22H,2-5,18H2,1H3/b14-10+,15-11+. The highest BCUT2D eigenvalue weighted by Crippen LogP contribution is 2.32. The van der Waals surface area contributed by atoms with Crippen LogP contribution in [0.4, 0.5) is 0 Å². The largest absolute Gasteiger partial charge is 0.340 e. The molecule has 3 heterocycles. The van der Waals surface area contributed by atoms with Gasteiger partial charge in [-0.15, -0.1) is 22.7 Å². The summed E-state index contributed by atoms with van der Waals surface area (Å²) in [6, 6.07) is 22.4. The lowest BCUT2D eigenvalue weighted by atomic mass is 10.1. The van der Waals surface area contributed by atoms with Crippen molar-refractivity contribution < 1.29 is 0 Å². The highest BCUT2D eigenvalue weighted by Gasteiger charge is 2.11. The van der Waals surface area contributed by atoms with Crippen molar-refractivity contribution in [3.05, 3.63) is 92.3 Å². The summed E-state index contributed by atoms with van der Waals surface area (Å²) in [5.41, 5.74) is 5.20. The molecule has 0 aliphatic carbocycles. The number of fused-ring (bicyclic) bond motifs is 3. The average molecular weight is 468 g/mol. The maximum absolute atomic E-state index is 2.55. The molecule has 0 radical (unpaired) electrons. The van der Waals surface area contributed by atoms with Crippen LogP contribution in [-0.2, 0) is 6.54 Å². The van der Waals surface area contributed by atoms with Crippen LogP contribution in [0.3, 0.4) is 0 Å². The number of nitrogens with zero attached hydrogens (tertiary/aromatic N) is 1. The molecule has 0 aliphatic rings. The van der Waals surface area contributed by atoms with Crippen LogP contribution in [0.15, 0.2) is 71.4 Å². The van der Waals surface area contributed by atoms with Gasteiger partial charge in [-0.1, -0.05) is 74.7 Å². The minimum atomic E-state index is 1.07. The third-order valence-corrected chi connectivity index (χ3v) is 7.79. The molecule has 33 heavy (non-hydrogen) atoms. The molecule has 0 amide bonds. The lowest BCUT2D eigenvalue weighted by Gasteiger charge is -2.08. The summed E-state index contributed by atoms with van der Waals surface area (Å²) in [6.07, 6.45) is 14.0. The molecule has 3 heteroatoms. The van der Waals surface area contributed by atoms with Crippen molar-refractivity contribution in [2.24, 2.45) is 0 Å². The van der Waals surface area contributed by atoms with Crippen molar-refractivity contribution >= 4 is 68.8 Å². The van der Waals surface area contributed by atoms with E-state index in [0.29, 0.717) is 0 Å². The Morgan fingerprint density at radius 2 is 1.24 bits per heavy atom. The first-order valence-electron chi connectivity index (χ1n) is 11.8. The van der Waals surface area contributed by atoms with Gasteiger partial charge in [-0.3, -0.25) is 0 Å². The maximum Gasteiger partial charge on any atom is 0.0497 e. The quantitative estimate of drug-likeness (QED) is 0.190. The Balaban J connectivity index is 1.55. The van der Waals surface area contributed by atoms with Gasteiger partial charge in [-0.2, -0.15) is 0 Å². The summed E-state index contributed by atoms with van der Waals surface area (Å²) in [5.74, 6) is 0. The smallest absolute Gasteiger partial charge is 0.0497 e. The van der Waals surface area contributed by atoms with E-state index in [1.165, 1.54) is 68.4 Å². The monoisotopic (exact) mass is 467 g/mol. The van der Waals surface area contributed by atoms with Crippen LogP contribution < -0.4 is 0 Å². The summed E-state index contributed by atoms with van der Waals surface area (Å²) < 4.78 is 2.55. The van der Waals surface area contributed by atoms with Gasteiger partial charge in [0, 0.05) is 38.1 Å². The third-order valence-electron chi connectivity index (χ3n) is 6.12. The number of benzene rings is 2. The van der Waals surface area contributed by atoms with Crippen LogP contribution in [0.5, 0.6) is 0 Å². The van der Waals surface area contributed by atoms with Gasteiger partial charge in [0.25, 0.3) is 0 Å². The second-order valence-corrected chi connectivity index (χ2v) is 10.4. The van der Waals surface area contributed by atoms with Crippen molar-refractivity contribution in [1.29, 1.82) is 0 Å². The van der Waals surface area contributed by atoms with E-state index >= 15 is 0 Å². The molecule has 0 saturated heterocycles. The average Bonchev–Trinajstić information content (AvgIpc) is 3.60. The lowest BCUT2D eigenvalue weighted by molar-refractivity contribution is 0.602. The Hall–Kier alpha value is -2.88. The van der Waals surface area contributed by atoms with Crippen LogP contribution in [0.25, 0.3) is 46.1 Å². The van der Waals surface area contributed by atoms with Crippen molar-refractivity contribution in [2.45, 2.75) is 39.2 Å². The summed E-state index contributed by atoms with van der Waals surface area (Å²) in [5, 5.41) is 6.95. The van der Waals surface area contributed by atoms with Gasteiger partial charge < -0.3 is 4.57 Å². The predicted molar refractivity (Wildman–Crippen MR) is 150 cm³/mol. The molecule has 0 atom stereocenters. The Morgan fingerprint density at radius 1 is 0.667 bits per heavy atom. The van der Waals surface area contributed by atoms with E-state index in [4.69, 9.17) is 0 Å².